The number of phenolic OH excluding ortho intramolecular Hbond substituents is 1. The van der Waals surface area contributed by atoms with Crippen LogP contribution in [0.2, 0.25) is 0 Å². The predicted molar refractivity (Wildman–Crippen MR) is 78.7 cm³/mol. The number of hydrogen-bond acceptors (Lipinski definition) is 1. The molecule has 3 aromatic carbocycles. The SMILES string of the molecule is Oc1ccccc1-c1cc(Br)c2ccccc2c1. The highest BCUT2D eigenvalue weighted by molar-refractivity contribution is 9.10. The van der Waals surface area contributed by atoms with E-state index in [1.165, 1.54) is 5.39 Å². The third kappa shape index (κ3) is 1.89. The van der Waals surface area contributed by atoms with Crippen LogP contribution in [0.1, 0.15) is 0 Å². The molecule has 0 heterocycles. The van der Waals surface area contributed by atoms with Gasteiger partial charge >= 0.3 is 0 Å². The minimum atomic E-state index is 0.305. The molecule has 0 spiro atoms. The van der Waals surface area contributed by atoms with Crippen molar-refractivity contribution in [1.82, 2.24) is 0 Å². The first kappa shape index (κ1) is 11.3. The molecule has 0 radical (unpaired) electrons. The third-order valence-electron chi connectivity index (χ3n) is 3.03. The van der Waals surface area contributed by atoms with E-state index in [2.05, 4.69) is 34.1 Å². The van der Waals surface area contributed by atoms with Crippen molar-refractivity contribution in [2.45, 2.75) is 0 Å². The Morgan fingerprint density at radius 2 is 1.56 bits per heavy atom. The molecule has 0 fully saturated rings. The number of para-hydroxylation sites is 1. The minimum Gasteiger partial charge on any atom is -0.507 e. The quantitative estimate of drug-likeness (QED) is 0.672. The standard InChI is InChI=1S/C16H11BrO/c17-15-10-12(14-7-3-4-8-16(14)18)9-11-5-1-2-6-13(11)15/h1-10,18H. The number of rotatable bonds is 1. The van der Waals surface area contributed by atoms with E-state index >= 15 is 0 Å². The van der Waals surface area contributed by atoms with Crippen LogP contribution in [0, 0.1) is 0 Å². The van der Waals surface area contributed by atoms with Crippen LogP contribution in [0.4, 0.5) is 0 Å². The Labute approximate surface area is 114 Å². The van der Waals surface area contributed by atoms with Gasteiger partial charge in [0.15, 0.2) is 0 Å². The topological polar surface area (TPSA) is 20.2 Å². The van der Waals surface area contributed by atoms with Crippen molar-refractivity contribution in [3.05, 3.63) is 65.1 Å². The number of aromatic hydroxyl groups is 1. The fourth-order valence-electron chi connectivity index (χ4n) is 2.14. The monoisotopic (exact) mass is 298 g/mol. The second kappa shape index (κ2) is 4.46. The van der Waals surface area contributed by atoms with E-state index in [-0.39, 0.29) is 0 Å². The van der Waals surface area contributed by atoms with Crippen molar-refractivity contribution in [3.63, 3.8) is 0 Å². The molecule has 0 atom stereocenters. The van der Waals surface area contributed by atoms with E-state index in [1.807, 2.05) is 36.4 Å². The molecule has 2 heteroatoms. The van der Waals surface area contributed by atoms with Crippen molar-refractivity contribution in [2.75, 3.05) is 0 Å². The van der Waals surface area contributed by atoms with E-state index in [0.717, 1.165) is 21.0 Å². The third-order valence-corrected chi connectivity index (χ3v) is 3.68. The summed E-state index contributed by atoms with van der Waals surface area (Å²) in [5.41, 5.74) is 1.86. The maximum absolute atomic E-state index is 9.91. The summed E-state index contributed by atoms with van der Waals surface area (Å²) in [5, 5.41) is 12.2. The van der Waals surface area contributed by atoms with Crippen LogP contribution < -0.4 is 0 Å². The second-order valence-corrected chi connectivity index (χ2v) is 5.05. The van der Waals surface area contributed by atoms with Crippen LogP contribution in [0.25, 0.3) is 21.9 Å². The van der Waals surface area contributed by atoms with Gasteiger partial charge in [0, 0.05) is 10.0 Å². The van der Waals surface area contributed by atoms with Gasteiger partial charge in [-0.05, 0) is 34.5 Å². The lowest BCUT2D eigenvalue weighted by Crippen LogP contribution is -1.81. The van der Waals surface area contributed by atoms with Gasteiger partial charge in [0.25, 0.3) is 0 Å². The van der Waals surface area contributed by atoms with Gasteiger partial charge in [0.2, 0.25) is 0 Å². The zero-order chi connectivity index (χ0) is 12.5. The lowest BCUT2D eigenvalue weighted by atomic mass is 10.0. The maximum Gasteiger partial charge on any atom is 0.123 e. The summed E-state index contributed by atoms with van der Waals surface area (Å²) in [6.07, 6.45) is 0. The van der Waals surface area contributed by atoms with E-state index in [1.54, 1.807) is 6.07 Å². The first-order valence-electron chi connectivity index (χ1n) is 5.72. The van der Waals surface area contributed by atoms with Crippen LogP contribution in [0.5, 0.6) is 5.75 Å². The highest BCUT2D eigenvalue weighted by Gasteiger charge is 2.06. The van der Waals surface area contributed by atoms with Gasteiger partial charge in [-0.1, -0.05) is 58.4 Å². The highest BCUT2D eigenvalue weighted by Crippen LogP contribution is 2.34. The second-order valence-electron chi connectivity index (χ2n) is 4.20. The fraction of sp³-hybridized carbons (Fsp3) is 0. The summed E-state index contributed by atoms with van der Waals surface area (Å²) in [5.74, 6) is 0.305. The molecule has 18 heavy (non-hydrogen) atoms. The van der Waals surface area contributed by atoms with Crippen LogP contribution in [-0.2, 0) is 0 Å². The summed E-state index contributed by atoms with van der Waals surface area (Å²) >= 11 is 3.59. The number of hydrogen-bond donors (Lipinski definition) is 1. The Morgan fingerprint density at radius 3 is 2.39 bits per heavy atom. The summed E-state index contributed by atoms with van der Waals surface area (Å²) < 4.78 is 1.04. The molecular weight excluding hydrogens is 288 g/mol. The van der Waals surface area contributed by atoms with Crippen molar-refractivity contribution >= 4 is 26.7 Å². The smallest absolute Gasteiger partial charge is 0.123 e. The molecule has 0 saturated heterocycles. The molecule has 1 N–H and O–H groups in total. The van der Waals surface area contributed by atoms with E-state index in [4.69, 9.17) is 0 Å². The maximum atomic E-state index is 9.91. The number of benzene rings is 3. The molecule has 3 rings (SSSR count). The molecule has 0 aliphatic carbocycles. The molecule has 0 aliphatic rings. The van der Waals surface area contributed by atoms with Crippen molar-refractivity contribution in [2.24, 2.45) is 0 Å². The predicted octanol–water partition coefficient (Wildman–Crippen LogP) is 4.97. The number of fused-ring (bicyclic) bond motifs is 1. The van der Waals surface area contributed by atoms with Crippen LogP contribution in [0.15, 0.2) is 65.1 Å². The van der Waals surface area contributed by atoms with E-state index in [0.29, 0.717) is 5.75 Å². The van der Waals surface area contributed by atoms with Crippen LogP contribution in [0.3, 0.4) is 0 Å². The van der Waals surface area contributed by atoms with E-state index in [9.17, 15) is 5.11 Å². The Balaban J connectivity index is 2.28. The summed E-state index contributed by atoms with van der Waals surface area (Å²) in [7, 11) is 0. The van der Waals surface area contributed by atoms with Crippen molar-refractivity contribution < 1.29 is 5.11 Å². The van der Waals surface area contributed by atoms with Gasteiger partial charge < -0.3 is 5.11 Å². The molecule has 0 saturated carbocycles. The van der Waals surface area contributed by atoms with Crippen LogP contribution in [-0.4, -0.2) is 5.11 Å². The summed E-state index contributed by atoms with van der Waals surface area (Å²) in [4.78, 5) is 0. The molecule has 0 bridgehead atoms. The van der Waals surface area contributed by atoms with Crippen molar-refractivity contribution in [1.29, 1.82) is 0 Å². The molecule has 1 nitrogen and oxygen atoms in total. The molecule has 88 valence electrons. The molecule has 0 amide bonds. The lowest BCUT2D eigenvalue weighted by molar-refractivity contribution is 0.477. The Bertz CT molecular complexity index is 719. The van der Waals surface area contributed by atoms with Crippen molar-refractivity contribution in [3.8, 4) is 16.9 Å². The lowest BCUT2D eigenvalue weighted by Gasteiger charge is -2.08. The molecule has 0 aliphatic heterocycles. The Hall–Kier alpha value is -1.80. The van der Waals surface area contributed by atoms with Gasteiger partial charge in [-0.3, -0.25) is 0 Å². The number of halogens is 1. The fourth-order valence-corrected chi connectivity index (χ4v) is 2.74. The molecule has 0 unspecified atom stereocenters. The zero-order valence-corrected chi connectivity index (χ0v) is 11.2. The largest absolute Gasteiger partial charge is 0.507 e. The normalized spacial score (nSPS) is 10.7. The van der Waals surface area contributed by atoms with Gasteiger partial charge in [-0.25, -0.2) is 0 Å². The average Bonchev–Trinajstić information content (AvgIpc) is 2.39. The Kier molecular flexibility index (Phi) is 2.80. The summed E-state index contributed by atoms with van der Waals surface area (Å²) in [6.45, 7) is 0. The van der Waals surface area contributed by atoms with Gasteiger partial charge in [-0.15, -0.1) is 0 Å². The first-order chi connectivity index (χ1) is 8.75. The van der Waals surface area contributed by atoms with Crippen LogP contribution >= 0.6 is 15.9 Å². The minimum absolute atomic E-state index is 0.305. The Morgan fingerprint density at radius 1 is 0.833 bits per heavy atom. The van der Waals surface area contributed by atoms with Gasteiger partial charge in [0.05, 0.1) is 0 Å². The molecule has 0 aromatic heterocycles. The summed E-state index contributed by atoms with van der Waals surface area (Å²) in [6, 6.07) is 19.7. The highest BCUT2D eigenvalue weighted by atomic mass is 79.9. The molecular formula is C16H11BrO. The number of phenols is 1. The van der Waals surface area contributed by atoms with Gasteiger partial charge in [-0.2, -0.15) is 0 Å². The van der Waals surface area contributed by atoms with Gasteiger partial charge in [0.1, 0.15) is 5.75 Å². The molecule has 3 aromatic rings. The zero-order valence-electron chi connectivity index (χ0n) is 9.60. The average molecular weight is 299 g/mol. The first-order valence-corrected chi connectivity index (χ1v) is 6.51. The van der Waals surface area contributed by atoms with E-state index < -0.39 is 0 Å².